The van der Waals surface area contributed by atoms with Crippen molar-refractivity contribution in [3.05, 3.63) is 12.2 Å². The van der Waals surface area contributed by atoms with Crippen molar-refractivity contribution >= 4 is 12.3 Å². The van der Waals surface area contributed by atoms with Gasteiger partial charge in [-0.25, -0.2) is 0 Å². The summed E-state index contributed by atoms with van der Waals surface area (Å²) in [5.41, 5.74) is 0. The third kappa shape index (κ3) is 25.3. The van der Waals surface area contributed by atoms with Crippen molar-refractivity contribution in [1.82, 2.24) is 0 Å². The molecule has 194 valence electrons. The Kier molecular flexibility index (Phi) is 26.2. The third-order valence-electron chi connectivity index (χ3n) is 6.62. The van der Waals surface area contributed by atoms with Gasteiger partial charge < -0.3 is 9.53 Å². The molecule has 0 N–H and O–H groups in total. The molecule has 1 unspecified atom stereocenters. The number of carbonyl (C=O) groups is 2. The van der Waals surface area contributed by atoms with Crippen molar-refractivity contribution in [2.24, 2.45) is 5.92 Å². The van der Waals surface area contributed by atoms with Crippen LogP contribution in [0.3, 0.4) is 0 Å². The summed E-state index contributed by atoms with van der Waals surface area (Å²) < 4.78 is 5.27. The number of esters is 1. The molecule has 0 rings (SSSR count). The Labute approximate surface area is 206 Å². The van der Waals surface area contributed by atoms with Gasteiger partial charge in [0.05, 0.1) is 0 Å². The number of hydrogen-bond donors (Lipinski definition) is 0. The number of carbonyl (C=O) groups excluding carboxylic acids is 2. The number of aldehydes is 1. The minimum atomic E-state index is -0.0623. The summed E-state index contributed by atoms with van der Waals surface area (Å²) in [7, 11) is 0. The second-order valence-corrected chi connectivity index (χ2v) is 9.84. The van der Waals surface area contributed by atoms with Crippen LogP contribution >= 0.6 is 0 Å². The van der Waals surface area contributed by atoms with Crippen LogP contribution in [0.15, 0.2) is 12.2 Å². The van der Waals surface area contributed by atoms with Gasteiger partial charge in [-0.15, -0.1) is 0 Å². The van der Waals surface area contributed by atoms with E-state index in [1.807, 2.05) is 6.08 Å². The molecule has 0 radical (unpaired) electrons. The first-order chi connectivity index (χ1) is 16.2. The molecule has 0 aromatic heterocycles. The summed E-state index contributed by atoms with van der Waals surface area (Å²) in [5, 5.41) is 0. The van der Waals surface area contributed by atoms with E-state index in [1.165, 1.54) is 109 Å². The monoisotopic (exact) mass is 464 g/mol. The molecule has 0 saturated heterocycles. The highest BCUT2D eigenvalue weighted by molar-refractivity contribution is 5.69. The van der Waals surface area contributed by atoms with Crippen LogP contribution in [0.4, 0.5) is 0 Å². The molecule has 0 aromatic rings. The minimum Gasteiger partial charge on any atom is -0.461 e. The van der Waals surface area contributed by atoms with E-state index in [2.05, 4.69) is 19.9 Å². The summed E-state index contributed by atoms with van der Waals surface area (Å²) in [4.78, 5) is 22.8. The maximum Gasteiger partial charge on any atom is 0.306 e. The van der Waals surface area contributed by atoms with Gasteiger partial charge in [0, 0.05) is 12.8 Å². The van der Waals surface area contributed by atoms with Crippen molar-refractivity contribution in [3.63, 3.8) is 0 Å². The third-order valence-corrected chi connectivity index (χ3v) is 6.62. The predicted octanol–water partition coefficient (Wildman–Crippen LogP) is 9.52. The van der Waals surface area contributed by atoms with Gasteiger partial charge in [-0.2, -0.15) is 0 Å². The lowest BCUT2D eigenvalue weighted by Crippen LogP contribution is -2.04. The number of ether oxygens (including phenoxy) is 1. The van der Waals surface area contributed by atoms with E-state index in [4.69, 9.17) is 4.74 Å². The van der Waals surface area contributed by atoms with Crippen LogP contribution in [-0.2, 0) is 14.3 Å². The average Bonchev–Trinajstić information content (AvgIpc) is 2.81. The lowest BCUT2D eigenvalue weighted by molar-refractivity contribution is -0.142. The minimum absolute atomic E-state index is 0.0623. The normalized spacial score (nSPS) is 12.3. The SMILES string of the molecule is CCCCCC/C=C\COC(=O)CCCCCCCCC(CC=O)CCCCCCCCC. The Hall–Kier alpha value is -1.12. The van der Waals surface area contributed by atoms with Gasteiger partial charge >= 0.3 is 5.97 Å². The van der Waals surface area contributed by atoms with Gasteiger partial charge in [0.15, 0.2) is 0 Å². The highest BCUT2D eigenvalue weighted by Gasteiger charge is 2.08. The van der Waals surface area contributed by atoms with Crippen molar-refractivity contribution in [1.29, 1.82) is 0 Å². The van der Waals surface area contributed by atoms with E-state index in [9.17, 15) is 9.59 Å². The van der Waals surface area contributed by atoms with Crippen molar-refractivity contribution in [2.45, 2.75) is 155 Å². The first-order valence-corrected chi connectivity index (χ1v) is 14.5. The maximum absolute atomic E-state index is 11.8. The fourth-order valence-corrected chi connectivity index (χ4v) is 4.40. The van der Waals surface area contributed by atoms with Gasteiger partial charge in [-0.1, -0.05) is 135 Å². The van der Waals surface area contributed by atoms with Crippen LogP contribution in [0.2, 0.25) is 0 Å². The van der Waals surface area contributed by atoms with Crippen molar-refractivity contribution < 1.29 is 14.3 Å². The first-order valence-electron chi connectivity index (χ1n) is 14.5. The Bertz CT molecular complexity index is 444. The van der Waals surface area contributed by atoms with E-state index < -0.39 is 0 Å². The summed E-state index contributed by atoms with van der Waals surface area (Å²) in [5.74, 6) is 0.533. The van der Waals surface area contributed by atoms with E-state index in [-0.39, 0.29) is 5.97 Å². The van der Waals surface area contributed by atoms with Gasteiger partial charge in [-0.05, 0) is 25.2 Å². The number of hydrogen-bond acceptors (Lipinski definition) is 3. The molecule has 0 heterocycles. The molecule has 1 atom stereocenters. The zero-order valence-electron chi connectivity index (χ0n) is 22.3. The number of allylic oxidation sites excluding steroid dienone is 1. The second kappa shape index (κ2) is 27.1. The van der Waals surface area contributed by atoms with E-state index in [0.29, 0.717) is 18.9 Å². The largest absolute Gasteiger partial charge is 0.461 e. The average molecular weight is 465 g/mol. The van der Waals surface area contributed by atoms with Crippen molar-refractivity contribution in [2.75, 3.05) is 6.61 Å². The smallest absolute Gasteiger partial charge is 0.306 e. The Morgan fingerprint density at radius 1 is 0.667 bits per heavy atom. The van der Waals surface area contributed by atoms with Crippen LogP contribution in [0, 0.1) is 5.92 Å². The van der Waals surface area contributed by atoms with Gasteiger partial charge in [0.2, 0.25) is 0 Å². The zero-order chi connectivity index (χ0) is 24.2. The summed E-state index contributed by atoms with van der Waals surface area (Å²) in [6.45, 7) is 4.91. The Balaban J connectivity index is 3.52. The molecule has 0 spiro atoms. The summed E-state index contributed by atoms with van der Waals surface area (Å²) in [6.07, 6.45) is 31.5. The zero-order valence-corrected chi connectivity index (χ0v) is 22.3. The highest BCUT2D eigenvalue weighted by Crippen LogP contribution is 2.21. The quantitative estimate of drug-likeness (QED) is 0.0554. The molecule has 0 aliphatic heterocycles. The topological polar surface area (TPSA) is 43.4 Å². The molecule has 3 heteroatoms. The lowest BCUT2D eigenvalue weighted by atomic mass is 9.92. The molecular formula is C30H56O3. The standard InChI is InChI=1S/C30H56O3/c1-3-5-7-9-11-15-19-23-29(26-27-31)24-20-16-12-13-17-21-25-30(32)33-28-22-18-14-10-8-6-4-2/h18,22,27,29H,3-17,19-21,23-26,28H2,1-2H3/b22-18-. The molecule has 3 nitrogen and oxygen atoms in total. The van der Waals surface area contributed by atoms with E-state index >= 15 is 0 Å². The lowest BCUT2D eigenvalue weighted by Gasteiger charge is -2.14. The molecule has 0 amide bonds. The molecule has 0 aliphatic rings. The predicted molar refractivity (Wildman–Crippen MR) is 143 cm³/mol. The molecule has 0 aromatic carbocycles. The van der Waals surface area contributed by atoms with Crippen LogP contribution < -0.4 is 0 Å². The molecule has 0 fully saturated rings. The summed E-state index contributed by atoms with van der Waals surface area (Å²) in [6, 6.07) is 0. The first kappa shape index (κ1) is 31.9. The molecular weight excluding hydrogens is 408 g/mol. The van der Waals surface area contributed by atoms with Crippen LogP contribution in [0.25, 0.3) is 0 Å². The van der Waals surface area contributed by atoms with Gasteiger partial charge in [-0.3, -0.25) is 4.79 Å². The molecule has 33 heavy (non-hydrogen) atoms. The maximum atomic E-state index is 11.8. The van der Waals surface area contributed by atoms with Crippen molar-refractivity contribution in [3.8, 4) is 0 Å². The van der Waals surface area contributed by atoms with E-state index in [0.717, 1.165) is 32.0 Å². The van der Waals surface area contributed by atoms with Crippen LogP contribution in [0.1, 0.15) is 155 Å². The fourth-order valence-electron chi connectivity index (χ4n) is 4.40. The molecule has 0 aliphatic carbocycles. The number of unbranched alkanes of at least 4 members (excludes halogenated alkanes) is 15. The molecule has 0 bridgehead atoms. The summed E-state index contributed by atoms with van der Waals surface area (Å²) >= 11 is 0. The Morgan fingerprint density at radius 2 is 1.18 bits per heavy atom. The second-order valence-electron chi connectivity index (χ2n) is 9.84. The number of rotatable bonds is 26. The highest BCUT2D eigenvalue weighted by atomic mass is 16.5. The molecule has 0 saturated carbocycles. The fraction of sp³-hybridized carbons (Fsp3) is 0.867. The Morgan fingerprint density at radius 3 is 1.76 bits per heavy atom. The van der Waals surface area contributed by atoms with Gasteiger partial charge in [0.1, 0.15) is 12.9 Å². The van der Waals surface area contributed by atoms with E-state index in [1.54, 1.807) is 0 Å². The van der Waals surface area contributed by atoms with Gasteiger partial charge in [0.25, 0.3) is 0 Å². The van der Waals surface area contributed by atoms with Crippen LogP contribution in [-0.4, -0.2) is 18.9 Å². The van der Waals surface area contributed by atoms with Crippen LogP contribution in [0.5, 0.6) is 0 Å².